The van der Waals surface area contributed by atoms with Crippen LogP contribution in [0.1, 0.15) is 24.4 Å². The number of hydrogen-bond donors (Lipinski definition) is 1. The first-order valence-corrected chi connectivity index (χ1v) is 9.32. The van der Waals surface area contributed by atoms with Gasteiger partial charge in [0, 0.05) is 18.4 Å². The number of rotatable bonds is 4. The molecule has 0 aliphatic carbocycles. The molecule has 1 aromatic heterocycles. The molecule has 1 N–H and O–H groups in total. The Balaban J connectivity index is 1.84. The van der Waals surface area contributed by atoms with Crippen molar-refractivity contribution in [3.05, 3.63) is 46.3 Å². The first kappa shape index (κ1) is 17.5. The smallest absolute Gasteiger partial charge is 0.291 e. The van der Waals surface area contributed by atoms with Gasteiger partial charge in [0.25, 0.3) is 5.91 Å². The first-order chi connectivity index (χ1) is 12.0. The summed E-state index contributed by atoms with van der Waals surface area (Å²) >= 11 is 1.51. The molecule has 132 valence electrons. The van der Waals surface area contributed by atoms with Gasteiger partial charge in [-0.05, 0) is 18.1 Å². The van der Waals surface area contributed by atoms with Crippen LogP contribution in [0.3, 0.4) is 0 Å². The Labute approximate surface area is 149 Å². The van der Waals surface area contributed by atoms with Gasteiger partial charge in [-0.15, -0.1) is 11.8 Å². The minimum absolute atomic E-state index is 0.0344. The molecular formula is C18H20N2O4S. The average molecular weight is 360 g/mol. The lowest BCUT2D eigenvalue weighted by Crippen LogP contribution is -2.48. The molecule has 2 heterocycles. The van der Waals surface area contributed by atoms with Crippen LogP contribution in [-0.4, -0.2) is 40.9 Å². The van der Waals surface area contributed by atoms with Crippen molar-refractivity contribution in [3.63, 3.8) is 0 Å². The van der Waals surface area contributed by atoms with E-state index in [9.17, 15) is 14.4 Å². The van der Waals surface area contributed by atoms with Crippen molar-refractivity contribution in [2.75, 3.05) is 18.2 Å². The minimum atomic E-state index is -0.548. The Morgan fingerprint density at radius 3 is 2.88 bits per heavy atom. The zero-order valence-electron chi connectivity index (χ0n) is 14.2. The minimum Gasteiger partial charge on any atom is -0.451 e. The summed E-state index contributed by atoms with van der Waals surface area (Å²) < 4.78 is 5.61. The van der Waals surface area contributed by atoms with Gasteiger partial charge < -0.3 is 14.6 Å². The van der Waals surface area contributed by atoms with Gasteiger partial charge >= 0.3 is 0 Å². The lowest BCUT2D eigenvalue weighted by Gasteiger charge is -2.23. The highest BCUT2D eigenvalue weighted by Crippen LogP contribution is 2.24. The predicted octanol–water partition coefficient (Wildman–Crippen LogP) is 2.08. The molecule has 1 atom stereocenters. The molecule has 0 bridgehead atoms. The van der Waals surface area contributed by atoms with E-state index in [2.05, 4.69) is 5.32 Å². The lowest BCUT2D eigenvalue weighted by molar-refractivity contribution is -0.124. The van der Waals surface area contributed by atoms with Gasteiger partial charge in [-0.3, -0.25) is 14.4 Å². The molecule has 1 fully saturated rings. The molecular weight excluding hydrogens is 340 g/mol. The van der Waals surface area contributed by atoms with Crippen LogP contribution in [0, 0.1) is 5.92 Å². The van der Waals surface area contributed by atoms with Crippen LogP contribution in [0.4, 0.5) is 0 Å². The van der Waals surface area contributed by atoms with Crippen LogP contribution in [0.5, 0.6) is 0 Å². The monoisotopic (exact) mass is 360 g/mol. The van der Waals surface area contributed by atoms with Crippen LogP contribution < -0.4 is 10.7 Å². The van der Waals surface area contributed by atoms with Crippen LogP contribution in [0.15, 0.2) is 39.5 Å². The largest absolute Gasteiger partial charge is 0.451 e. The summed E-state index contributed by atoms with van der Waals surface area (Å²) in [6.07, 6.45) is 0. The predicted molar refractivity (Wildman–Crippen MR) is 97.6 cm³/mol. The Hall–Kier alpha value is -2.28. The van der Waals surface area contributed by atoms with E-state index in [1.54, 1.807) is 24.3 Å². The van der Waals surface area contributed by atoms with Crippen molar-refractivity contribution < 1.29 is 14.0 Å². The van der Waals surface area contributed by atoms with Crippen molar-refractivity contribution in [1.82, 2.24) is 10.2 Å². The molecule has 25 heavy (non-hydrogen) atoms. The number of carbonyl (C=O) groups is 2. The fourth-order valence-electron chi connectivity index (χ4n) is 2.63. The maximum Gasteiger partial charge on any atom is 0.291 e. The molecule has 0 unspecified atom stereocenters. The third-order valence-corrected chi connectivity index (χ3v) is 4.99. The maximum absolute atomic E-state index is 12.8. The molecule has 2 aromatic rings. The van der Waals surface area contributed by atoms with E-state index in [0.29, 0.717) is 35.1 Å². The topological polar surface area (TPSA) is 79.6 Å². The summed E-state index contributed by atoms with van der Waals surface area (Å²) in [7, 11) is 0. The highest BCUT2D eigenvalue weighted by atomic mass is 32.2. The van der Waals surface area contributed by atoms with Gasteiger partial charge in [-0.25, -0.2) is 0 Å². The van der Waals surface area contributed by atoms with E-state index in [4.69, 9.17) is 4.42 Å². The molecule has 1 aliphatic heterocycles. The summed E-state index contributed by atoms with van der Waals surface area (Å²) in [5.74, 6) is 0.629. The van der Waals surface area contributed by atoms with E-state index < -0.39 is 11.9 Å². The van der Waals surface area contributed by atoms with Crippen LogP contribution >= 0.6 is 11.8 Å². The number of nitrogens with one attached hydrogen (secondary N) is 1. The fourth-order valence-corrected chi connectivity index (χ4v) is 3.79. The Morgan fingerprint density at radius 1 is 1.36 bits per heavy atom. The van der Waals surface area contributed by atoms with Crippen LogP contribution in [-0.2, 0) is 4.79 Å². The molecule has 2 amide bonds. The van der Waals surface area contributed by atoms with Crippen molar-refractivity contribution in [3.8, 4) is 0 Å². The number of para-hydroxylation sites is 1. The average Bonchev–Trinajstić information content (AvgIpc) is 3.08. The summed E-state index contributed by atoms with van der Waals surface area (Å²) in [6.45, 7) is 4.58. The molecule has 6 nitrogen and oxygen atoms in total. The highest BCUT2D eigenvalue weighted by Gasteiger charge is 2.36. The normalized spacial score (nSPS) is 17.2. The third-order valence-electron chi connectivity index (χ3n) is 3.98. The number of nitrogens with zero attached hydrogens (tertiary/aromatic N) is 1. The standard InChI is InChI=1S/C18H20N2O4S/c1-11(2)8-19-17(22)13-9-25-10-20(13)18(23)16-7-14(21)12-5-3-4-6-15(12)24-16/h3-7,11,13H,8-10H2,1-2H3,(H,19,22)/t13-/m0/s1. The fraction of sp³-hybridized carbons (Fsp3) is 0.389. The van der Waals surface area contributed by atoms with Gasteiger partial charge in [-0.2, -0.15) is 0 Å². The summed E-state index contributed by atoms with van der Waals surface area (Å²) in [6, 6.07) is 7.45. The van der Waals surface area contributed by atoms with E-state index in [0.717, 1.165) is 0 Å². The molecule has 0 saturated carbocycles. The van der Waals surface area contributed by atoms with E-state index in [-0.39, 0.29) is 17.1 Å². The molecule has 1 aliphatic rings. The van der Waals surface area contributed by atoms with Gasteiger partial charge in [0.05, 0.1) is 11.3 Å². The number of fused-ring (bicyclic) bond motifs is 1. The van der Waals surface area contributed by atoms with Crippen molar-refractivity contribution >= 4 is 34.5 Å². The highest BCUT2D eigenvalue weighted by molar-refractivity contribution is 7.99. The molecule has 3 rings (SSSR count). The van der Waals surface area contributed by atoms with E-state index in [1.807, 2.05) is 13.8 Å². The van der Waals surface area contributed by atoms with Gasteiger partial charge in [0.2, 0.25) is 5.91 Å². The number of hydrogen-bond acceptors (Lipinski definition) is 5. The molecule has 1 aromatic carbocycles. The van der Waals surface area contributed by atoms with Crippen molar-refractivity contribution in [2.24, 2.45) is 5.92 Å². The second-order valence-electron chi connectivity index (χ2n) is 6.40. The van der Waals surface area contributed by atoms with Gasteiger partial charge in [0.1, 0.15) is 11.6 Å². The Morgan fingerprint density at radius 2 is 2.12 bits per heavy atom. The SMILES string of the molecule is CC(C)CNC(=O)[C@@H]1CSCN1C(=O)c1cc(=O)c2ccccc2o1. The lowest BCUT2D eigenvalue weighted by atomic mass is 10.2. The second kappa shape index (κ2) is 7.31. The summed E-state index contributed by atoms with van der Waals surface area (Å²) in [5, 5.41) is 3.29. The number of benzene rings is 1. The van der Waals surface area contributed by atoms with Crippen LogP contribution in [0.25, 0.3) is 11.0 Å². The van der Waals surface area contributed by atoms with Crippen molar-refractivity contribution in [2.45, 2.75) is 19.9 Å². The summed E-state index contributed by atoms with van der Waals surface area (Å²) in [5.41, 5.74) is 0.101. The Bertz CT molecular complexity index is 862. The van der Waals surface area contributed by atoms with Gasteiger partial charge in [-0.1, -0.05) is 26.0 Å². The number of thioether (sulfide) groups is 1. The van der Waals surface area contributed by atoms with Crippen LogP contribution in [0.2, 0.25) is 0 Å². The zero-order valence-corrected chi connectivity index (χ0v) is 15.0. The third kappa shape index (κ3) is 3.71. The summed E-state index contributed by atoms with van der Waals surface area (Å²) in [4.78, 5) is 38.8. The molecule has 0 spiro atoms. The number of carbonyl (C=O) groups excluding carboxylic acids is 2. The quantitative estimate of drug-likeness (QED) is 0.903. The Kier molecular flexibility index (Phi) is 5.13. The van der Waals surface area contributed by atoms with E-state index in [1.165, 1.54) is 22.7 Å². The second-order valence-corrected chi connectivity index (χ2v) is 7.40. The van der Waals surface area contributed by atoms with Crippen molar-refractivity contribution in [1.29, 1.82) is 0 Å². The molecule has 7 heteroatoms. The molecule has 1 saturated heterocycles. The maximum atomic E-state index is 12.8. The first-order valence-electron chi connectivity index (χ1n) is 8.16. The molecule has 0 radical (unpaired) electrons. The van der Waals surface area contributed by atoms with Gasteiger partial charge in [0.15, 0.2) is 11.2 Å². The number of amides is 2. The zero-order chi connectivity index (χ0) is 18.0. The van der Waals surface area contributed by atoms with E-state index >= 15 is 0 Å².